The molecule has 3 rings (SSSR count). The lowest BCUT2D eigenvalue weighted by atomic mass is 10.0. The lowest BCUT2D eigenvalue weighted by Gasteiger charge is -2.33. The second-order valence-electron chi connectivity index (χ2n) is 6.44. The SMILES string of the molecule is CC1CCCCN1C(=O)c1ccccc1SCc1ccc(C#N)cc1. The Balaban J connectivity index is 1.74. The molecular formula is C21H22N2OS. The van der Waals surface area contributed by atoms with Gasteiger partial charge in [0, 0.05) is 23.2 Å². The summed E-state index contributed by atoms with van der Waals surface area (Å²) in [7, 11) is 0. The van der Waals surface area contributed by atoms with Crippen molar-refractivity contribution in [2.24, 2.45) is 0 Å². The lowest BCUT2D eigenvalue weighted by molar-refractivity contribution is 0.0632. The number of hydrogen-bond acceptors (Lipinski definition) is 3. The minimum absolute atomic E-state index is 0.148. The molecule has 128 valence electrons. The molecule has 2 aromatic rings. The molecule has 1 unspecified atom stereocenters. The van der Waals surface area contributed by atoms with Crippen LogP contribution in [0.2, 0.25) is 0 Å². The molecule has 1 aliphatic heterocycles. The summed E-state index contributed by atoms with van der Waals surface area (Å²) in [6.45, 7) is 3.00. The maximum Gasteiger partial charge on any atom is 0.255 e. The van der Waals surface area contributed by atoms with Crippen LogP contribution in [0, 0.1) is 11.3 Å². The Morgan fingerprint density at radius 2 is 1.96 bits per heavy atom. The summed E-state index contributed by atoms with van der Waals surface area (Å²) in [6, 6.07) is 18.0. The first-order chi connectivity index (χ1) is 12.2. The first kappa shape index (κ1) is 17.6. The molecule has 1 fully saturated rings. The standard InChI is InChI=1S/C21H22N2OS/c1-16-6-4-5-13-23(16)21(24)19-7-2-3-8-20(19)25-15-18-11-9-17(14-22)10-12-18/h2-3,7-12,16H,4-6,13,15H2,1H3. The van der Waals surface area contributed by atoms with Gasteiger partial charge in [-0.2, -0.15) is 5.26 Å². The third-order valence-corrected chi connectivity index (χ3v) is 5.80. The Hall–Kier alpha value is -2.25. The summed E-state index contributed by atoms with van der Waals surface area (Å²) >= 11 is 1.68. The first-order valence-corrected chi connectivity index (χ1v) is 9.69. The summed E-state index contributed by atoms with van der Waals surface area (Å²) in [5, 5.41) is 8.88. The van der Waals surface area contributed by atoms with E-state index in [1.165, 1.54) is 6.42 Å². The molecule has 0 N–H and O–H groups in total. The van der Waals surface area contributed by atoms with Gasteiger partial charge in [-0.05, 0) is 56.0 Å². The van der Waals surface area contributed by atoms with Crippen molar-refractivity contribution in [2.75, 3.05) is 6.54 Å². The topological polar surface area (TPSA) is 44.1 Å². The molecule has 3 nitrogen and oxygen atoms in total. The van der Waals surface area contributed by atoms with Crippen LogP contribution < -0.4 is 0 Å². The maximum absolute atomic E-state index is 13.0. The van der Waals surface area contributed by atoms with E-state index in [2.05, 4.69) is 13.0 Å². The van der Waals surface area contributed by atoms with Crippen molar-refractivity contribution >= 4 is 17.7 Å². The van der Waals surface area contributed by atoms with Gasteiger partial charge >= 0.3 is 0 Å². The van der Waals surface area contributed by atoms with E-state index >= 15 is 0 Å². The highest BCUT2D eigenvalue weighted by atomic mass is 32.2. The molecule has 0 radical (unpaired) electrons. The Kier molecular flexibility index (Phi) is 5.78. The number of hydrogen-bond donors (Lipinski definition) is 0. The van der Waals surface area contributed by atoms with E-state index in [9.17, 15) is 4.79 Å². The molecule has 1 amide bonds. The van der Waals surface area contributed by atoms with E-state index in [-0.39, 0.29) is 5.91 Å². The predicted octanol–water partition coefficient (Wildman–Crippen LogP) is 4.87. The number of nitrogens with zero attached hydrogens (tertiary/aromatic N) is 2. The fourth-order valence-corrected chi connectivity index (χ4v) is 4.16. The van der Waals surface area contributed by atoms with Crippen molar-refractivity contribution in [1.82, 2.24) is 4.90 Å². The molecule has 1 heterocycles. The molecule has 0 saturated carbocycles. The molecule has 0 spiro atoms. The van der Waals surface area contributed by atoms with Gasteiger partial charge in [0.25, 0.3) is 5.91 Å². The Morgan fingerprint density at radius 3 is 2.68 bits per heavy atom. The number of thioether (sulfide) groups is 1. The minimum Gasteiger partial charge on any atom is -0.336 e. The van der Waals surface area contributed by atoms with Crippen molar-refractivity contribution in [2.45, 2.75) is 42.9 Å². The monoisotopic (exact) mass is 350 g/mol. The highest BCUT2D eigenvalue weighted by Crippen LogP contribution is 2.29. The smallest absolute Gasteiger partial charge is 0.255 e. The third kappa shape index (κ3) is 4.24. The largest absolute Gasteiger partial charge is 0.336 e. The van der Waals surface area contributed by atoms with E-state index in [0.717, 1.165) is 41.2 Å². The van der Waals surface area contributed by atoms with E-state index in [4.69, 9.17) is 5.26 Å². The van der Waals surface area contributed by atoms with Crippen LogP contribution in [0.1, 0.15) is 47.7 Å². The van der Waals surface area contributed by atoms with Gasteiger partial charge in [-0.3, -0.25) is 4.79 Å². The average molecular weight is 350 g/mol. The van der Waals surface area contributed by atoms with E-state index < -0.39 is 0 Å². The summed E-state index contributed by atoms with van der Waals surface area (Å²) in [4.78, 5) is 16.0. The minimum atomic E-state index is 0.148. The molecule has 25 heavy (non-hydrogen) atoms. The van der Waals surface area contributed by atoms with Crippen molar-refractivity contribution in [3.8, 4) is 6.07 Å². The van der Waals surface area contributed by atoms with Gasteiger partial charge in [-0.1, -0.05) is 24.3 Å². The zero-order valence-electron chi connectivity index (χ0n) is 14.4. The van der Waals surface area contributed by atoms with Gasteiger partial charge < -0.3 is 4.90 Å². The fraction of sp³-hybridized carbons (Fsp3) is 0.333. The number of carbonyl (C=O) groups is 1. The molecule has 0 aliphatic carbocycles. The Bertz CT molecular complexity index is 779. The molecule has 0 aromatic heterocycles. The van der Waals surface area contributed by atoms with E-state index in [0.29, 0.717) is 11.6 Å². The van der Waals surface area contributed by atoms with Crippen LogP contribution in [-0.2, 0) is 5.75 Å². The first-order valence-electron chi connectivity index (χ1n) is 8.71. The molecular weight excluding hydrogens is 328 g/mol. The molecule has 4 heteroatoms. The van der Waals surface area contributed by atoms with Crippen LogP contribution in [0.4, 0.5) is 0 Å². The lowest BCUT2D eigenvalue weighted by Crippen LogP contribution is -2.42. The molecule has 2 aromatic carbocycles. The van der Waals surface area contributed by atoms with Crippen LogP contribution in [0.5, 0.6) is 0 Å². The zero-order valence-corrected chi connectivity index (χ0v) is 15.3. The molecule has 1 atom stereocenters. The van der Waals surface area contributed by atoms with Crippen LogP contribution >= 0.6 is 11.8 Å². The number of likely N-dealkylation sites (tertiary alicyclic amines) is 1. The molecule has 0 bridgehead atoms. The van der Waals surface area contributed by atoms with Crippen LogP contribution in [0.3, 0.4) is 0 Å². The highest BCUT2D eigenvalue weighted by Gasteiger charge is 2.25. The summed E-state index contributed by atoms with van der Waals surface area (Å²) < 4.78 is 0. The van der Waals surface area contributed by atoms with Gasteiger partial charge in [0.05, 0.1) is 17.2 Å². The Morgan fingerprint density at radius 1 is 1.20 bits per heavy atom. The van der Waals surface area contributed by atoms with Crippen molar-refractivity contribution < 1.29 is 4.79 Å². The van der Waals surface area contributed by atoms with Gasteiger partial charge in [-0.15, -0.1) is 11.8 Å². The number of amides is 1. The normalized spacial score (nSPS) is 17.1. The van der Waals surface area contributed by atoms with Crippen LogP contribution in [0.25, 0.3) is 0 Å². The van der Waals surface area contributed by atoms with Gasteiger partial charge in [0.1, 0.15) is 0 Å². The van der Waals surface area contributed by atoms with E-state index in [1.807, 2.05) is 53.4 Å². The average Bonchev–Trinajstić information content (AvgIpc) is 2.67. The summed E-state index contributed by atoms with van der Waals surface area (Å²) in [5.74, 6) is 0.932. The van der Waals surface area contributed by atoms with Crippen LogP contribution in [-0.4, -0.2) is 23.4 Å². The van der Waals surface area contributed by atoms with Crippen molar-refractivity contribution in [3.63, 3.8) is 0 Å². The third-order valence-electron chi connectivity index (χ3n) is 4.66. The summed E-state index contributed by atoms with van der Waals surface area (Å²) in [6.07, 6.45) is 3.39. The Labute approximate surface area is 153 Å². The number of rotatable bonds is 4. The molecule has 1 saturated heterocycles. The van der Waals surface area contributed by atoms with Gasteiger partial charge in [0.15, 0.2) is 0 Å². The van der Waals surface area contributed by atoms with E-state index in [1.54, 1.807) is 11.8 Å². The number of nitriles is 1. The number of piperidine rings is 1. The summed E-state index contributed by atoms with van der Waals surface area (Å²) in [5.41, 5.74) is 2.62. The number of carbonyl (C=O) groups excluding carboxylic acids is 1. The molecule has 1 aliphatic rings. The predicted molar refractivity (Wildman–Crippen MR) is 102 cm³/mol. The van der Waals surface area contributed by atoms with Gasteiger partial charge in [0.2, 0.25) is 0 Å². The zero-order chi connectivity index (χ0) is 17.6. The van der Waals surface area contributed by atoms with Gasteiger partial charge in [-0.25, -0.2) is 0 Å². The number of benzene rings is 2. The highest BCUT2D eigenvalue weighted by molar-refractivity contribution is 7.98. The fourth-order valence-electron chi connectivity index (χ4n) is 3.16. The van der Waals surface area contributed by atoms with Crippen LogP contribution in [0.15, 0.2) is 53.4 Å². The maximum atomic E-state index is 13.0. The second-order valence-corrected chi connectivity index (χ2v) is 7.45. The van der Waals surface area contributed by atoms with Crippen molar-refractivity contribution in [3.05, 3.63) is 65.2 Å². The quantitative estimate of drug-likeness (QED) is 0.739. The van der Waals surface area contributed by atoms with Crippen molar-refractivity contribution in [1.29, 1.82) is 5.26 Å². The second kappa shape index (κ2) is 8.22.